The summed E-state index contributed by atoms with van der Waals surface area (Å²) in [6, 6.07) is 22.3. The summed E-state index contributed by atoms with van der Waals surface area (Å²) in [6.45, 7) is 1.84. The Bertz CT molecular complexity index is 2050. The average Bonchev–Trinajstić information content (AvgIpc) is 3.14. The first-order valence-electron chi connectivity index (χ1n) is 17.8. The van der Waals surface area contributed by atoms with Crippen LogP contribution >= 0.6 is 34.8 Å². The first-order valence-corrected chi connectivity index (χ1v) is 19.0. The minimum absolute atomic E-state index is 0.0424. The number of amides is 2. The molecule has 6 N–H and O–H groups in total. The minimum atomic E-state index is -1.50. The van der Waals surface area contributed by atoms with Gasteiger partial charge in [-0.15, -0.1) is 0 Å². The largest absolute Gasteiger partial charge is 0.398 e. The molecule has 2 amide bonds. The van der Waals surface area contributed by atoms with Gasteiger partial charge in [0.05, 0.1) is 22.8 Å². The molecule has 0 aromatic heterocycles. The van der Waals surface area contributed by atoms with E-state index in [1.165, 1.54) is 22.2 Å². The Labute approximate surface area is 331 Å². The molecule has 2 saturated carbocycles. The maximum absolute atomic E-state index is 15.0. The van der Waals surface area contributed by atoms with Gasteiger partial charge in [-0.05, 0) is 118 Å². The second-order valence-electron chi connectivity index (χ2n) is 14.2. The number of aryl methyl sites for hydroxylation is 1. The number of halogens is 3. The third kappa shape index (κ3) is 9.16. The number of carbonyl (C=O) groups excluding carboxylic acids is 2. The summed E-state index contributed by atoms with van der Waals surface area (Å²) < 4.78 is 0. The fourth-order valence-corrected chi connectivity index (χ4v) is 7.69. The van der Waals surface area contributed by atoms with Gasteiger partial charge in [-0.2, -0.15) is 0 Å². The highest BCUT2D eigenvalue weighted by Gasteiger charge is 2.46. The molecular weight excluding hydrogens is 743 g/mol. The second kappa shape index (κ2) is 16.4. The van der Waals surface area contributed by atoms with Crippen molar-refractivity contribution in [1.82, 2.24) is 10.0 Å². The Morgan fingerprint density at radius 3 is 1.59 bits per heavy atom. The molecule has 0 unspecified atom stereocenters. The maximum atomic E-state index is 15.0. The molecule has 54 heavy (non-hydrogen) atoms. The van der Waals surface area contributed by atoms with Crippen molar-refractivity contribution >= 4 is 58.0 Å². The van der Waals surface area contributed by atoms with E-state index in [2.05, 4.69) is 23.7 Å². The highest BCUT2D eigenvalue weighted by molar-refractivity contribution is 6.33. The van der Waals surface area contributed by atoms with Crippen LogP contribution in [0.4, 0.5) is 11.4 Å². The van der Waals surface area contributed by atoms with Crippen molar-refractivity contribution in [2.75, 3.05) is 11.5 Å². The molecule has 4 aromatic carbocycles. The number of nitrogen functional groups attached to an aromatic ring is 2. The standard InChI is InChI=1S/C43H41Cl3N4O4/c1-28-12-13-31(24-38(28)47)40(51)49(35-10-4-18-42(53,26-35)20-16-29-6-2-8-33(44)22-29)50(41(52)32-14-15-37(46)39(48)25-32)36-11-5-19-43(54,27-36)21-17-30-7-3-9-34(45)23-30/h2-3,6-9,12-15,22-25,35-36,53-54H,4-5,10-11,18-19,26-27,47-48H2,1H3/t35-,36-,42+,43+/m0/s1. The van der Waals surface area contributed by atoms with Crippen molar-refractivity contribution in [1.29, 1.82) is 0 Å². The average molecular weight is 784 g/mol. The predicted molar refractivity (Wildman–Crippen MR) is 215 cm³/mol. The van der Waals surface area contributed by atoms with Gasteiger partial charge < -0.3 is 21.7 Å². The number of nitrogens with zero attached hydrogens (tertiary/aromatic N) is 2. The van der Waals surface area contributed by atoms with Crippen molar-refractivity contribution in [2.45, 2.75) is 81.6 Å². The van der Waals surface area contributed by atoms with Crippen molar-refractivity contribution < 1.29 is 19.8 Å². The zero-order valence-corrected chi connectivity index (χ0v) is 32.1. The number of aliphatic hydroxyl groups is 2. The number of carbonyl (C=O) groups is 2. The number of nitrogens with two attached hydrogens (primary N) is 2. The molecule has 0 heterocycles. The lowest BCUT2D eigenvalue weighted by atomic mass is 9.80. The van der Waals surface area contributed by atoms with Crippen LogP contribution in [0.2, 0.25) is 15.1 Å². The number of hydrogen-bond donors (Lipinski definition) is 4. The van der Waals surface area contributed by atoms with E-state index in [9.17, 15) is 19.8 Å². The number of rotatable bonds is 4. The molecule has 2 fully saturated rings. The molecule has 11 heteroatoms. The topological polar surface area (TPSA) is 133 Å². The van der Waals surface area contributed by atoms with Gasteiger partial charge in [0, 0.05) is 50.8 Å². The molecule has 278 valence electrons. The fourth-order valence-electron chi connectivity index (χ4n) is 7.20. The molecule has 2 aliphatic rings. The van der Waals surface area contributed by atoms with Crippen LogP contribution in [0.5, 0.6) is 0 Å². The Morgan fingerprint density at radius 1 is 0.685 bits per heavy atom. The van der Waals surface area contributed by atoms with Crippen molar-refractivity contribution in [2.24, 2.45) is 0 Å². The minimum Gasteiger partial charge on any atom is -0.398 e. The van der Waals surface area contributed by atoms with Gasteiger partial charge in [-0.1, -0.05) is 76.7 Å². The molecule has 0 radical (unpaired) electrons. The smallest absolute Gasteiger partial charge is 0.272 e. The van der Waals surface area contributed by atoms with E-state index in [0.29, 0.717) is 65.4 Å². The zero-order chi connectivity index (χ0) is 38.6. The number of hydrazine groups is 1. The van der Waals surface area contributed by atoms with Crippen LogP contribution in [0.1, 0.15) is 88.8 Å². The van der Waals surface area contributed by atoms with Crippen LogP contribution in [0, 0.1) is 30.6 Å². The van der Waals surface area contributed by atoms with E-state index in [4.69, 9.17) is 46.3 Å². The van der Waals surface area contributed by atoms with Crippen LogP contribution in [0.25, 0.3) is 0 Å². The normalized spacial score (nSPS) is 22.2. The predicted octanol–water partition coefficient (Wildman–Crippen LogP) is 8.07. The van der Waals surface area contributed by atoms with Crippen LogP contribution in [0.3, 0.4) is 0 Å². The van der Waals surface area contributed by atoms with E-state index in [-0.39, 0.29) is 34.7 Å². The molecule has 4 atom stereocenters. The second-order valence-corrected chi connectivity index (χ2v) is 15.5. The maximum Gasteiger partial charge on any atom is 0.272 e. The Balaban J connectivity index is 1.46. The number of anilines is 2. The fraction of sp³-hybridized carbons (Fsp3) is 0.302. The lowest BCUT2D eigenvalue weighted by molar-refractivity contribution is -0.0908. The van der Waals surface area contributed by atoms with Crippen LogP contribution < -0.4 is 11.5 Å². The number of hydrogen-bond acceptors (Lipinski definition) is 6. The van der Waals surface area contributed by atoms with Gasteiger partial charge in [0.2, 0.25) is 0 Å². The summed E-state index contributed by atoms with van der Waals surface area (Å²) >= 11 is 18.7. The molecule has 0 bridgehead atoms. The summed E-state index contributed by atoms with van der Waals surface area (Å²) in [5.41, 5.74) is 12.6. The summed E-state index contributed by atoms with van der Waals surface area (Å²) in [5.74, 6) is 11.2. The van der Waals surface area contributed by atoms with E-state index < -0.39 is 35.1 Å². The number of benzene rings is 4. The van der Waals surface area contributed by atoms with E-state index >= 15 is 0 Å². The molecule has 8 nitrogen and oxygen atoms in total. The Hall–Kier alpha value is -4.67. The SMILES string of the molecule is Cc1ccc(C(=O)N([C@H]2CCC[C@@](O)(C#Cc3cccc(Cl)c3)C2)N(C(=O)c2ccc(Cl)c(N)c2)[C@H]2CCC[C@@](O)(C#Cc3cccc(Cl)c3)C2)cc1N. The molecule has 6 rings (SSSR count). The summed E-state index contributed by atoms with van der Waals surface area (Å²) in [5, 5.41) is 28.2. The molecule has 0 spiro atoms. The first kappa shape index (κ1) is 39.0. The van der Waals surface area contributed by atoms with E-state index in [1.807, 2.05) is 6.92 Å². The van der Waals surface area contributed by atoms with Crippen LogP contribution in [-0.4, -0.2) is 55.3 Å². The van der Waals surface area contributed by atoms with Gasteiger partial charge in [-0.3, -0.25) is 9.59 Å². The van der Waals surface area contributed by atoms with E-state index in [0.717, 1.165) is 5.56 Å². The lowest BCUT2D eigenvalue weighted by Gasteiger charge is -2.49. The zero-order valence-electron chi connectivity index (χ0n) is 29.8. The van der Waals surface area contributed by atoms with Crippen LogP contribution in [0.15, 0.2) is 84.9 Å². The van der Waals surface area contributed by atoms with Crippen LogP contribution in [-0.2, 0) is 0 Å². The summed E-state index contributed by atoms with van der Waals surface area (Å²) in [7, 11) is 0. The third-order valence-corrected chi connectivity index (χ3v) is 10.9. The lowest BCUT2D eigenvalue weighted by Crippen LogP contribution is -2.62. The molecule has 2 aliphatic carbocycles. The first-order chi connectivity index (χ1) is 25.7. The Morgan fingerprint density at radius 2 is 1.15 bits per heavy atom. The van der Waals surface area contributed by atoms with Gasteiger partial charge >= 0.3 is 0 Å². The van der Waals surface area contributed by atoms with Gasteiger partial charge in [0.15, 0.2) is 0 Å². The molecule has 0 saturated heterocycles. The monoisotopic (exact) mass is 782 g/mol. The van der Waals surface area contributed by atoms with Gasteiger partial charge in [0.25, 0.3) is 11.8 Å². The Kier molecular flexibility index (Phi) is 11.8. The van der Waals surface area contributed by atoms with Gasteiger partial charge in [-0.25, -0.2) is 10.0 Å². The third-order valence-electron chi connectivity index (χ3n) is 10.0. The van der Waals surface area contributed by atoms with Crippen molar-refractivity contribution in [3.63, 3.8) is 0 Å². The summed E-state index contributed by atoms with van der Waals surface area (Å²) in [6.07, 6.45) is 2.76. The van der Waals surface area contributed by atoms with Gasteiger partial charge in [0.1, 0.15) is 11.2 Å². The quantitative estimate of drug-likeness (QED) is 0.0941. The van der Waals surface area contributed by atoms with Crippen molar-refractivity contribution in [3.05, 3.63) is 128 Å². The molecule has 0 aliphatic heterocycles. The molecular formula is C43H41Cl3N4O4. The highest BCUT2D eigenvalue weighted by atomic mass is 35.5. The van der Waals surface area contributed by atoms with Crippen molar-refractivity contribution in [3.8, 4) is 23.7 Å². The van der Waals surface area contributed by atoms with E-state index in [1.54, 1.807) is 72.8 Å². The molecule has 4 aromatic rings. The summed E-state index contributed by atoms with van der Waals surface area (Å²) in [4.78, 5) is 29.9. The highest BCUT2D eigenvalue weighted by Crippen LogP contribution is 2.38.